The lowest BCUT2D eigenvalue weighted by molar-refractivity contribution is 0.571. The van der Waals surface area contributed by atoms with Crippen LogP contribution >= 0.6 is 11.3 Å². The van der Waals surface area contributed by atoms with Crippen LogP contribution in [0.2, 0.25) is 0 Å². The molecule has 8 heteroatoms. The van der Waals surface area contributed by atoms with E-state index in [-0.39, 0.29) is 22.0 Å². The van der Waals surface area contributed by atoms with Gasteiger partial charge >= 0.3 is 0 Å². The minimum absolute atomic E-state index is 0.163. The first-order valence-electron chi connectivity index (χ1n) is 7.29. The van der Waals surface area contributed by atoms with E-state index in [4.69, 9.17) is 4.42 Å². The molecule has 6 nitrogen and oxygen atoms in total. The molecular weight excluding hydrogens is 345 g/mol. The van der Waals surface area contributed by atoms with Crippen LogP contribution in [-0.4, -0.2) is 14.6 Å². The average molecular weight is 355 g/mol. The number of aryl methyl sites for hydroxylation is 1. The van der Waals surface area contributed by atoms with Crippen molar-refractivity contribution in [3.05, 3.63) is 78.9 Å². The fourth-order valence-corrected chi connectivity index (χ4v) is 3.20. The highest BCUT2D eigenvalue weighted by Gasteiger charge is 2.09. The summed E-state index contributed by atoms with van der Waals surface area (Å²) in [5, 5.41) is 3.95. The molecule has 0 amide bonds. The summed E-state index contributed by atoms with van der Waals surface area (Å²) in [6, 6.07) is 9.36. The first-order chi connectivity index (χ1) is 12.0. The number of hydrogen-bond acceptors (Lipinski definition) is 6. The summed E-state index contributed by atoms with van der Waals surface area (Å²) in [7, 11) is 0. The summed E-state index contributed by atoms with van der Waals surface area (Å²) in [5.41, 5.74) is 0.0688. The highest BCUT2D eigenvalue weighted by molar-refractivity contribution is 7.15. The summed E-state index contributed by atoms with van der Waals surface area (Å²) in [6.07, 6.45) is 1.57. The largest absolute Gasteiger partial charge is 0.457 e. The average Bonchev–Trinajstić information content (AvgIpc) is 3.16. The molecule has 0 unspecified atom stereocenters. The van der Waals surface area contributed by atoms with Gasteiger partial charge in [0, 0.05) is 11.6 Å². The summed E-state index contributed by atoms with van der Waals surface area (Å²) in [5.74, 6) is 0.692. The van der Waals surface area contributed by atoms with Crippen molar-refractivity contribution in [1.82, 2.24) is 14.6 Å². The van der Waals surface area contributed by atoms with Crippen molar-refractivity contribution in [2.45, 2.75) is 6.92 Å². The zero-order valence-corrected chi connectivity index (χ0v) is 13.7. The number of aromatic nitrogens is 3. The van der Waals surface area contributed by atoms with Crippen molar-refractivity contribution in [3.63, 3.8) is 0 Å². The molecule has 0 saturated heterocycles. The topological polar surface area (TPSA) is 77.5 Å². The van der Waals surface area contributed by atoms with Gasteiger partial charge in [0.05, 0.1) is 0 Å². The molecule has 0 aliphatic carbocycles. The number of rotatable bonds is 2. The lowest BCUT2D eigenvalue weighted by atomic mass is 10.2. The third-order valence-corrected chi connectivity index (χ3v) is 4.53. The van der Waals surface area contributed by atoms with Gasteiger partial charge in [0.1, 0.15) is 27.6 Å². The van der Waals surface area contributed by atoms with Crippen molar-refractivity contribution in [3.8, 4) is 11.3 Å². The molecule has 4 rings (SSSR count). The van der Waals surface area contributed by atoms with E-state index in [1.54, 1.807) is 30.3 Å². The summed E-state index contributed by atoms with van der Waals surface area (Å²) in [6.45, 7) is 1.50. The Hall–Kier alpha value is -3.13. The van der Waals surface area contributed by atoms with Crippen LogP contribution < -0.4 is 15.7 Å². The molecule has 0 saturated carbocycles. The van der Waals surface area contributed by atoms with Gasteiger partial charge in [-0.2, -0.15) is 14.6 Å². The van der Waals surface area contributed by atoms with Crippen LogP contribution in [0, 0.1) is 12.7 Å². The SMILES string of the molecule is Cc1nn2c(=O)c(=Cc3ccc(-c4ccc(F)cc4)o3)sc2nc1=O. The highest BCUT2D eigenvalue weighted by Crippen LogP contribution is 2.22. The van der Waals surface area contributed by atoms with Gasteiger partial charge < -0.3 is 4.42 Å². The normalized spacial score (nSPS) is 12.2. The molecular formula is C17H10FN3O3S. The molecule has 0 aliphatic rings. The summed E-state index contributed by atoms with van der Waals surface area (Å²) in [4.78, 5) is 28.0. The van der Waals surface area contributed by atoms with Crippen molar-refractivity contribution in [2.75, 3.05) is 0 Å². The Morgan fingerprint density at radius 2 is 1.92 bits per heavy atom. The van der Waals surface area contributed by atoms with E-state index in [2.05, 4.69) is 10.1 Å². The quantitative estimate of drug-likeness (QED) is 0.548. The Kier molecular flexibility index (Phi) is 3.54. The monoisotopic (exact) mass is 355 g/mol. The molecule has 0 radical (unpaired) electrons. The van der Waals surface area contributed by atoms with Gasteiger partial charge in [0.25, 0.3) is 11.1 Å². The summed E-state index contributed by atoms with van der Waals surface area (Å²) < 4.78 is 20.1. The number of hydrogen-bond donors (Lipinski definition) is 0. The smallest absolute Gasteiger partial charge is 0.295 e. The van der Waals surface area contributed by atoms with Crippen molar-refractivity contribution in [2.24, 2.45) is 0 Å². The van der Waals surface area contributed by atoms with Gasteiger partial charge in [-0.15, -0.1) is 0 Å². The van der Waals surface area contributed by atoms with Gasteiger partial charge in [-0.25, -0.2) is 4.39 Å². The zero-order chi connectivity index (χ0) is 17.6. The highest BCUT2D eigenvalue weighted by atomic mass is 32.1. The number of nitrogens with zero attached hydrogens (tertiary/aromatic N) is 3. The van der Waals surface area contributed by atoms with Crippen molar-refractivity contribution in [1.29, 1.82) is 0 Å². The van der Waals surface area contributed by atoms with E-state index < -0.39 is 5.56 Å². The van der Waals surface area contributed by atoms with Crippen LogP contribution in [0.3, 0.4) is 0 Å². The van der Waals surface area contributed by atoms with E-state index in [9.17, 15) is 14.0 Å². The standard InChI is InChI=1S/C17H10FN3O3S/c1-9-15(22)19-17-21(20-9)16(23)14(25-17)8-12-6-7-13(24-12)10-2-4-11(18)5-3-10/h2-8H,1H3. The maximum atomic E-state index is 13.0. The third kappa shape index (κ3) is 2.76. The lowest BCUT2D eigenvalue weighted by Gasteiger charge is -1.95. The Labute approximate surface area is 143 Å². The Bertz CT molecular complexity index is 1260. The van der Waals surface area contributed by atoms with E-state index in [0.29, 0.717) is 16.1 Å². The molecule has 0 bridgehead atoms. The molecule has 25 heavy (non-hydrogen) atoms. The molecule has 3 heterocycles. The molecule has 4 aromatic rings. The second kappa shape index (κ2) is 5.75. The van der Waals surface area contributed by atoms with Gasteiger partial charge in [-0.3, -0.25) is 9.59 Å². The maximum Gasteiger partial charge on any atom is 0.295 e. The van der Waals surface area contributed by atoms with Gasteiger partial charge in [-0.1, -0.05) is 11.3 Å². The Balaban J connectivity index is 1.80. The zero-order valence-electron chi connectivity index (χ0n) is 12.9. The molecule has 0 atom stereocenters. The number of fused-ring (bicyclic) bond motifs is 1. The second-order valence-corrected chi connectivity index (χ2v) is 6.33. The van der Waals surface area contributed by atoms with Gasteiger partial charge in [0.15, 0.2) is 0 Å². The van der Waals surface area contributed by atoms with Crippen molar-refractivity contribution >= 4 is 22.4 Å². The molecule has 3 aromatic heterocycles. The van der Waals surface area contributed by atoms with Crippen LogP contribution in [0.1, 0.15) is 11.5 Å². The fraction of sp³-hybridized carbons (Fsp3) is 0.0588. The third-order valence-electron chi connectivity index (χ3n) is 3.57. The molecule has 124 valence electrons. The Morgan fingerprint density at radius 3 is 2.68 bits per heavy atom. The fourth-order valence-electron chi connectivity index (χ4n) is 2.32. The first kappa shape index (κ1) is 15.4. The number of furan rings is 1. The van der Waals surface area contributed by atoms with E-state index in [1.165, 1.54) is 19.1 Å². The van der Waals surface area contributed by atoms with Crippen LogP contribution in [0.4, 0.5) is 4.39 Å². The minimum Gasteiger partial charge on any atom is -0.457 e. The van der Waals surface area contributed by atoms with Gasteiger partial charge in [0.2, 0.25) is 4.96 Å². The number of benzene rings is 1. The van der Waals surface area contributed by atoms with Crippen LogP contribution in [0.25, 0.3) is 22.4 Å². The second-order valence-electron chi connectivity index (χ2n) is 5.32. The van der Waals surface area contributed by atoms with E-state index >= 15 is 0 Å². The van der Waals surface area contributed by atoms with Crippen molar-refractivity contribution < 1.29 is 8.81 Å². The van der Waals surface area contributed by atoms with Crippen LogP contribution in [0.15, 0.2) is 50.4 Å². The summed E-state index contributed by atoms with van der Waals surface area (Å²) >= 11 is 1.06. The number of halogens is 1. The molecule has 0 spiro atoms. The lowest BCUT2D eigenvalue weighted by Crippen LogP contribution is -2.27. The molecule has 0 fully saturated rings. The Morgan fingerprint density at radius 1 is 1.16 bits per heavy atom. The first-order valence-corrected chi connectivity index (χ1v) is 8.11. The van der Waals surface area contributed by atoms with Gasteiger partial charge in [-0.05, 0) is 43.3 Å². The number of thiazole rings is 1. The predicted molar refractivity (Wildman–Crippen MR) is 91.0 cm³/mol. The molecule has 1 aromatic carbocycles. The minimum atomic E-state index is -0.454. The predicted octanol–water partition coefficient (Wildman–Crippen LogP) is 1.77. The molecule has 0 N–H and O–H groups in total. The van der Waals surface area contributed by atoms with Crippen LogP contribution in [-0.2, 0) is 0 Å². The maximum absolute atomic E-state index is 13.0. The van der Waals surface area contributed by atoms with E-state index in [1.807, 2.05) is 0 Å². The molecule has 0 aliphatic heterocycles. The van der Waals surface area contributed by atoms with Crippen LogP contribution in [0.5, 0.6) is 0 Å². The van der Waals surface area contributed by atoms with E-state index in [0.717, 1.165) is 21.4 Å².